The number of hydrogen-bond acceptors (Lipinski definition) is 7. The quantitative estimate of drug-likeness (QED) is 0.296. The van der Waals surface area contributed by atoms with Crippen molar-refractivity contribution in [3.05, 3.63) is 0 Å². The van der Waals surface area contributed by atoms with Gasteiger partial charge in [0.1, 0.15) is 24.4 Å². The number of carbonyl (C=O) groups excluding carboxylic acids is 1. The largest absolute Gasteiger partial charge is 0.547 e. The first-order chi connectivity index (χ1) is 5.91. The molecule has 13 heavy (non-hydrogen) atoms. The molecule has 5 N–H and O–H groups in total. The summed E-state index contributed by atoms with van der Waals surface area (Å²) in [5, 5.41) is 53.4. The highest BCUT2D eigenvalue weighted by Crippen LogP contribution is 2.04. The van der Waals surface area contributed by atoms with Crippen molar-refractivity contribution in [1.82, 2.24) is 0 Å². The van der Waals surface area contributed by atoms with Crippen LogP contribution in [0.25, 0.3) is 0 Å². The molecule has 78 valence electrons. The highest BCUT2D eigenvalue weighted by atomic mass is 16.4. The first-order valence-electron chi connectivity index (χ1n) is 3.45. The first-order valence-corrected chi connectivity index (χ1v) is 3.45. The van der Waals surface area contributed by atoms with Crippen molar-refractivity contribution >= 4 is 5.97 Å². The normalized spacial score (nSPS) is 20.4. The van der Waals surface area contributed by atoms with E-state index in [1.807, 2.05) is 0 Å². The lowest BCUT2D eigenvalue weighted by Crippen LogP contribution is -2.52. The zero-order valence-electron chi connectivity index (χ0n) is 6.57. The smallest absolute Gasteiger partial charge is 0.122 e. The fraction of sp³-hybridized carbons (Fsp3) is 0.833. The first kappa shape index (κ1) is 12.3. The molecule has 0 bridgehead atoms. The molecular formula is C6H11O7-. The van der Waals surface area contributed by atoms with Crippen LogP contribution in [0.4, 0.5) is 0 Å². The molecule has 0 saturated carbocycles. The van der Waals surface area contributed by atoms with Gasteiger partial charge in [-0.05, 0) is 0 Å². The van der Waals surface area contributed by atoms with E-state index in [1.54, 1.807) is 0 Å². The highest BCUT2D eigenvalue weighted by Gasteiger charge is 2.30. The van der Waals surface area contributed by atoms with E-state index in [0.717, 1.165) is 0 Å². The highest BCUT2D eigenvalue weighted by molar-refractivity contribution is 5.70. The Labute approximate surface area is 73.5 Å². The fourth-order valence-electron chi connectivity index (χ4n) is 0.662. The molecule has 0 aliphatic heterocycles. The van der Waals surface area contributed by atoms with Crippen molar-refractivity contribution in [3.8, 4) is 0 Å². The van der Waals surface area contributed by atoms with Crippen LogP contribution in [0, 0.1) is 0 Å². The van der Waals surface area contributed by atoms with Gasteiger partial charge in [0.15, 0.2) is 0 Å². The molecular weight excluding hydrogens is 184 g/mol. The molecule has 0 fully saturated rings. The Balaban J connectivity index is 4.24. The molecule has 0 saturated heterocycles. The molecule has 0 aromatic rings. The molecule has 7 nitrogen and oxygen atoms in total. The summed E-state index contributed by atoms with van der Waals surface area (Å²) in [6, 6.07) is 0. The SMILES string of the molecule is O=C([O-])[C@@H](O)[C@H](O)[C@H](O)[C@H](O)CO. The van der Waals surface area contributed by atoms with E-state index in [0.29, 0.717) is 0 Å². The average Bonchev–Trinajstić information content (AvgIpc) is 2.12. The predicted octanol–water partition coefficient (Wildman–Crippen LogP) is -4.83. The molecule has 0 spiro atoms. The van der Waals surface area contributed by atoms with Crippen LogP contribution in [-0.2, 0) is 4.79 Å². The van der Waals surface area contributed by atoms with Gasteiger partial charge in [0.25, 0.3) is 0 Å². The van der Waals surface area contributed by atoms with Crippen LogP contribution in [0.1, 0.15) is 0 Å². The summed E-state index contributed by atoms with van der Waals surface area (Å²) < 4.78 is 0. The lowest BCUT2D eigenvalue weighted by molar-refractivity contribution is -0.320. The summed E-state index contributed by atoms with van der Waals surface area (Å²) in [6.45, 7) is -0.863. The van der Waals surface area contributed by atoms with E-state index < -0.39 is 37.0 Å². The number of carbonyl (C=O) groups is 1. The number of rotatable bonds is 5. The van der Waals surface area contributed by atoms with Crippen molar-refractivity contribution in [1.29, 1.82) is 0 Å². The minimum Gasteiger partial charge on any atom is -0.547 e. The zero-order chi connectivity index (χ0) is 10.6. The van der Waals surface area contributed by atoms with Crippen LogP contribution in [0.3, 0.4) is 0 Å². The third-order valence-electron chi connectivity index (χ3n) is 1.50. The molecule has 0 aliphatic rings. The van der Waals surface area contributed by atoms with Crippen LogP contribution in [0.5, 0.6) is 0 Å². The third-order valence-corrected chi connectivity index (χ3v) is 1.50. The summed E-state index contributed by atoms with van der Waals surface area (Å²) in [5.41, 5.74) is 0. The van der Waals surface area contributed by atoms with Crippen molar-refractivity contribution in [2.24, 2.45) is 0 Å². The number of hydrogen-bond donors (Lipinski definition) is 5. The average molecular weight is 195 g/mol. The molecule has 0 aromatic heterocycles. The van der Waals surface area contributed by atoms with Crippen LogP contribution < -0.4 is 5.11 Å². The number of aliphatic hydroxyl groups excluding tert-OH is 5. The van der Waals surface area contributed by atoms with Gasteiger partial charge in [-0.2, -0.15) is 0 Å². The lowest BCUT2D eigenvalue weighted by atomic mass is 10.0. The molecule has 0 radical (unpaired) electrons. The van der Waals surface area contributed by atoms with Crippen LogP contribution >= 0.6 is 0 Å². The van der Waals surface area contributed by atoms with E-state index in [1.165, 1.54) is 0 Å². The summed E-state index contributed by atoms with van der Waals surface area (Å²) in [5.74, 6) is -1.98. The van der Waals surface area contributed by atoms with Gasteiger partial charge in [-0.25, -0.2) is 0 Å². The Morgan fingerprint density at radius 3 is 1.92 bits per heavy atom. The van der Waals surface area contributed by atoms with E-state index >= 15 is 0 Å². The van der Waals surface area contributed by atoms with Gasteiger partial charge in [-0.3, -0.25) is 0 Å². The molecule has 0 unspecified atom stereocenters. The van der Waals surface area contributed by atoms with Gasteiger partial charge in [-0.1, -0.05) is 0 Å². The third kappa shape index (κ3) is 3.25. The van der Waals surface area contributed by atoms with Crippen LogP contribution in [-0.4, -0.2) is 62.5 Å². The minimum absolute atomic E-state index is 0.863. The van der Waals surface area contributed by atoms with E-state index in [4.69, 9.17) is 25.5 Å². The maximum Gasteiger partial charge on any atom is 0.122 e. The summed E-state index contributed by atoms with van der Waals surface area (Å²) in [6.07, 6.45) is -8.08. The molecule has 0 amide bonds. The molecule has 0 rings (SSSR count). The lowest BCUT2D eigenvalue weighted by Gasteiger charge is -2.25. The van der Waals surface area contributed by atoms with Gasteiger partial charge in [-0.15, -0.1) is 0 Å². The standard InChI is InChI=1S/C6H12O7/c7-1-2(8)3(9)4(10)5(11)6(12)13/h2-5,7-11H,1H2,(H,12,13)/p-1/t2-,3-,4-,5+/m1/s1. The number of aliphatic hydroxyl groups is 5. The van der Waals surface area contributed by atoms with Crippen LogP contribution in [0.15, 0.2) is 0 Å². The second kappa shape index (κ2) is 5.10. The van der Waals surface area contributed by atoms with Gasteiger partial charge in [0.2, 0.25) is 0 Å². The second-order valence-electron chi connectivity index (χ2n) is 2.49. The summed E-state index contributed by atoms with van der Waals surface area (Å²) in [4.78, 5) is 9.98. The number of carboxylic acid groups (broad SMARTS) is 1. The Kier molecular flexibility index (Phi) is 4.81. The predicted molar refractivity (Wildman–Crippen MR) is 36.1 cm³/mol. The monoisotopic (exact) mass is 195 g/mol. The van der Waals surface area contributed by atoms with E-state index in [9.17, 15) is 9.90 Å². The van der Waals surface area contributed by atoms with Crippen molar-refractivity contribution in [2.75, 3.05) is 6.61 Å². The van der Waals surface area contributed by atoms with Gasteiger partial charge in [0.05, 0.1) is 12.6 Å². The summed E-state index contributed by atoms with van der Waals surface area (Å²) in [7, 11) is 0. The van der Waals surface area contributed by atoms with E-state index in [2.05, 4.69) is 0 Å². The zero-order valence-corrected chi connectivity index (χ0v) is 6.57. The minimum atomic E-state index is -2.31. The molecule has 0 aromatic carbocycles. The van der Waals surface area contributed by atoms with Crippen molar-refractivity contribution in [2.45, 2.75) is 24.4 Å². The van der Waals surface area contributed by atoms with Crippen LogP contribution in [0.2, 0.25) is 0 Å². The topological polar surface area (TPSA) is 141 Å². The Hall–Kier alpha value is -0.730. The Morgan fingerprint density at radius 2 is 1.62 bits per heavy atom. The maximum atomic E-state index is 9.98. The van der Waals surface area contributed by atoms with Gasteiger partial charge < -0.3 is 35.4 Å². The fourth-order valence-corrected chi connectivity index (χ4v) is 0.662. The van der Waals surface area contributed by atoms with Gasteiger partial charge in [0, 0.05) is 0 Å². The Morgan fingerprint density at radius 1 is 1.15 bits per heavy atom. The second-order valence-corrected chi connectivity index (χ2v) is 2.49. The number of aliphatic carboxylic acids is 1. The molecule has 4 atom stereocenters. The van der Waals surface area contributed by atoms with Crippen molar-refractivity contribution in [3.63, 3.8) is 0 Å². The van der Waals surface area contributed by atoms with Crippen molar-refractivity contribution < 1.29 is 35.4 Å². The van der Waals surface area contributed by atoms with Gasteiger partial charge >= 0.3 is 0 Å². The van der Waals surface area contributed by atoms with E-state index in [-0.39, 0.29) is 0 Å². The molecule has 7 heteroatoms. The number of carboxylic acids is 1. The maximum absolute atomic E-state index is 9.98. The molecule has 0 heterocycles. The summed E-state index contributed by atoms with van der Waals surface area (Å²) >= 11 is 0. The Bertz CT molecular complexity index is 170. The molecule has 0 aliphatic carbocycles.